The van der Waals surface area contributed by atoms with Gasteiger partial charge in [0, 0.05) is 5.38 Å². The topological polar surface area (TPSA) is 66.5 Å². The second-order valence-electron chi connectivity index (χ2n) is 3.77. The van der Waals surface area contributed by atoms with E-state index in [1.54, 1.807) is 31.2 Å². The van der Waals surface area contributed by atoms with Gasteiger partial charge in [0.25, 0.3) is 5.91 Å². The van der Waals surface area contributed by atoms with E-state index in [1.165, 1.54) is 0 Å². The molecular formula is C10H11ClN2O3S. The number of para-hydroxylation sites is 1. The molecule has 0 saturated carbocycles. The number of carbonyl (C=O) groups is 1. The van der Waals surface area contributed by atoms with Crippen molar-refractivity contribution in [1.82, 2.24) is 4.31 Å². The van der Waals surface area contributed by atoms with Gasteiger partial charge in [0.1, 0.15) is 0 Å². The van der Waals surface area contributed by atoms with E-state index in [-0.39, 0.29) is 6.54 Å². The highest BCUT2D eigenvalue weighted by molar-refractivity contribution is 7.91. The van der Waals surface area contributed by atoms with Crippen LogP contribution in [0.3, 0.4) is 0 Å². The number of rotatable bonds is 2. The Balaban J connectivity index is 2.48. The maximum absolute atomic E-state index is 12.0. The molecule has 0 aliphatic carbocycles. The van der Waals surface area contributed by atoms with E-state index in [2.05, 4.69) is 4.72 Å². The summed E-state index contributed by atoms with van der Waals surface area (Å²) in [6.45, 7) is 1.58. The largest absolute Gasteiger partial charge is 0.326 e. The van der Waals surface area contributed by atoms with Gasteiger partial charge in [0.15, 0.2) is 0 Å². The first-order valence-electron chi connectivity index (χ1n) is 5.00. The molecule has 1 aliphatic heterocycles. The number of fused-ring (bicyclic) bond motifs is 1. The van der Waals surface area contributed by atoms with E-state index in [0.717, 1.165) is 4.31 Å². The Hall–Kier alpha value is -1.27. The summed E-state index contributed by atoms with van der Waals surface area (Å²) < 4.78 is 26.7. The highest BCUT2D eigenvalue weighted by Crippen LogP contribution is 2.26. The number of hydrogen-bond donors (Lipinski definition) is 1. The fourth-order valence-corrected chi connectivity index (χ4v) is 3.13. The van der Waals surface area contributed by atoms with E-state index in [0.29, 0.717) is 11.3 Å². The first kappa shape index (κ1) is 12.2. The Morgan fingerprint density at radius 3 is 2.71 bits per heavy atom. The average molecular weight is 275 g/mol. The highest BCUT2D eigenvalue weighted by Gasteiger charge is 2.35. The van der Waals surface area contributed by atoms with Crippen molar-refractivity contribution in [3.05, 3.63) is 29.8 Å². The maximum Gasteiger partial charge on any atom is 0.326 e. The third-order valence-corrected chi connectivity index (χ3v) is 3.84. The molecule has 1 heterocycles. The summed E-state index contributed by atoms with van der Waals surface area (Å²) >= 11 is 5.74. The Labute approximate surface area is 105 Å². The van der Waals surface area contributed by atoms with Crippen molar-refractivity contribution >= 4 is 33.4 Å². The SMILES string of the molecule is CC(Cl)CN1C(=O)c2ccccc2NS1(=O)=O. The molecule has 0 radical (unpaired) electrons. The minimum absolute atomic E-state index is 0.0515. The van der Waals surface area contributed by atoms with Crippen LogP contribution in [0.1, 0.15) is 17.3 Å². The smallest absolute Gasteiger partial charge is 0.268 e. The van der Waals surface area contributed by atoms with Crippen molar-refractivity contribution in [3.63, 3.8) is 0 Å². The van der Waals surface area contributed by atoms with Crippen molar-refractivity contribution in [1.29, 1.82) is 0 Å². The predicted molar refractivity (Wildman–Crippen MR) is 65.3 cm³/mol. The number of benzene rings is 1. The molecule has 1 N–H and O–H groups in total. The van der Waals surface area contributed by atoms with Crippen LogP contribution in [0.5, 0.6) is 0 Å². The van der Waals surface area contributed by atoms with Crippen LogP contribution in [0.25, 0.3) is 0 Å². The van der Waals surface area contributed by atoms with E-state index in [9.17, 15) is 13.2 Å². The average Bonchev–Trinajstić information content (AvgIpc) is 2.23. The molecule has 17 heavy (non-hydrogen) atoms. The van der Waals surface area contributed by atoms with Gasteiger partial charge in [-0.1, -0.05) is 12.1 Å². The molecule has 5 nitrogen and oxygen atoms in total. The summed E-state index contributed by atoms with van der Waals surface area (Å²) in [5.41, 5.74) is 0.635. The Kier molecular flexibility index (Phi) is 3.01. The van der Waals surface area contributed by atoms with Gasteiger partial charge in [-0.3, -0.25) is 9.52 Å². The van der Waals surface area contributed by atoms with Gasteiger partial charge >= 0.3 is 10.2 Å². The van der Waals surface area contributed by atoms with Crippen LogP contribution in [-0.4, -0.2) is 30.6 Å². The van der Waals surface area contributed by atoms with Crippen molar-refractivity contribution in [2.45, 2.75) is 12.3 Å². The third kappa shape index (κ3) is 2.23. The number of carbonyl (C=O) groups excluding carboxylic acids is 1. The van der Waals surface area contributed by atoms with Crippen LogP contribution < -0.4 is 4.72 Å². The number of anilines is 1. The molecule has 0 spiro atoms. The molecule has 0 saturated heterocycles. The molecule has 0 fully saturated rings. The van der Waals surface area contributed by atoms with Crippen LogP contribution in [0.4, 0.5) is 5.69 Å². The summed E-state index contributed by atoms with van der Waals surface area (Å²) in [7, 11) is -3.83. The predicted octanol–water partition coefficient (Wildman–Crippen LogP) is 1.43. The molecule has 1 amide bonds. The molecular weight excluding hydrogens is 264 g/mol. The van der Waals surface area contributed by atoms with E-state index >= 15 is 0 Å². The lowest BCUT2D eigenvalue weighted by atomic mass is 10.1. The minimum atomic E-state index is -3.83. The number of hydrogen-bond acceptors (Lipinski definition) is 3. The van der Waals surface area contributed by atoms with Gasteiger partial charge in [-0.2, -0.15) is 8.42 Å². The second kappa shape index (κ2) is 4.19. The summed E-state index contributed by atoms with van der Waals surface area (Å²) in [5.74, 6) is -0.549. The lowest BCUT2D eigenvalue weighted by Crippen LogP contribution is -2.46. The maximum atomic E-state index is 12.0. The van der Waals surface area contributed by atoms with Crippen molar-refractivity contribution in [2.75, 3.05) is 11.3 Å². The zero-order valence-electron chi connectivity index (χ0n) is 9.05. The van der Waals surface area contributed by atoms with Gasteiger partial charge in [-0.15, -0.1) is 11.6 Å². The lowest BCUT2D eigenvalue weighted by Gasteiger charge is -2.29. The van der Waals surface area contributed by atoms with Crippen molar-refractivity contribution in [3.8, 4) is 0 Å². The summed E-state index contributed by atoms with van der Waals surface area (Å²) in [6.07, 6.45) is 0. The van der Waals surface area contributed by atoms with E-state index in [4.69, 9.17) is 11.6 Å². The Morgan fingerprint density at radius 1 is 1.41 bits per heavy atom. The fraction of sp³-hybridized carbons (Fsp3) is 0.300. The van der Waals surface area contributed by atoms with E-state index in [1.807, 2.05) is 0 Å². The lowest BCUT2D eigenvalue weighted by molar-refractivity contribution is 0.0861. The van der Waals surface area contributed by atoms with Gasteiger partial charge in [-0.25, -0.2) is 4.31 Å². The molecule has 0 bridgehead atoms. The molecule has 2 rings (SSSR count). The molecule has 7 heteroatoms. The summed E-state index contributed by atoms with van der Waals surface area (Å²) in [4.78, 5) is 12.0. The zero-order chi connectivity index (χ0) is 12.6. The van der Waals surface area contributed by atoms with Crippen molar-refractivity contribution < 1.29 is 13.2 Å². The first-order valence-corrected chi connectivity index (χ1v) is 6.87. The van der Waals surface area contributed by atoms with Crippen LogP contribution in [0, 0.1) is 0 Å². The number of amides is 1. The molecule has 1 aliphatic rings. The van der Waals surface area contributed by atoms with Crippen LogP contribution in [0.2, 0.25) is 0 Å². The second-order valence-corrected chi connectivity index (χ2v) is 6.11. The number of nitrogens with one attached hydrogen (secondary N) is 1. The third-order valence-electron chi connectivity index (χ3n) is 2.33. The molecule has 1 unspecified atom stereocenters. The van der Waals surface area contributed by atoms with Crippen LogP contribution >= 0.6 is 11.6 Å². The Morgan fingerprint density at radius 2 is 2.06 bits per heavy atom. The van der Waals surface area contributed by atoms with Gasteiger partial charge < -0.3 is 0 Å². The number of alkyl halides is 1. The molecule has 0 aromatic heterocycles. The highest BCUT2D eigenvalue weighted by atomic mass is 35.5. The van der Waals surface area contributed by atoms with Gasteiger partial charge in [-0.05, 0) is 19.1 Å². The molecule has 92 valence electrons. The van der Waals surface area contributed by atoms with Gasteiger partial charge in [0.2, 0.25) is 0 Å². The monoisotopic (exact) mass is 274 g/mol. The molecule has 1 aromatic carbocycles. The first-order chi connectivity index (χ1) is 7.92. The van der Waals surface area contributed by atoms with Crippen molar-refractivity contribution in [2.24, 2.45) is 0 Å². The van der Waals surface area contributed by atoms with Crippen LogP contribution in [0.15, 0.2) is 24.3 Å². The fourth-order valence-electron chi connectivity index (χ4n) is 1.61. The summed E-state index contributed by atoms with van der Waals surface area (Å²) in [5, 5.41) is -0.444. The van der Waals surface area contributed by atoms with Gasteiger partial charge in [0.05, 0.1) is 17.8 Å². The Bertz CT molecular complexity index is 556. The minimum Gasteiger partial charge on any atom is -0.268 e. The quantitative estimate of drug-likeness (QED) is 0.830. The van der Waals surface area contributed by atoms with E-state index < -0.39 is 21.5 Å². The number of nitrogens with zero attached hydrogens (tertiary/aromatic N) is 1. The normalized spacial score (nSPS) is 19.4. The summed E-state index contributed by atoms with van der Waals surface area (Å²) in [6, 6.07) is 6.46. The molecule has 1 atom stereocenters. The zero-order valence-corrected chi connectivity index (χ0v) is 10.6. The molecule has 1 aromatic rings. The number of halogens is 1. The van der Waals surface area contributed by atoms with Crippen LogP contribution in [-0.2, 0) is 10.2 Å². The standard InChI is InChI=1S/C10H11ClN2O3S/c1-7(11)6-13-10(14)8-4-2-3-5-9(8)12-17(13,15)16/h2-5,7,12H,6H2,1H3.